The van der Waals surface area contributed by atoms with E-state index in [0.29, 0.717) is 21.3 Å². The Balaban J connectivity index is 1.58. The van der Waals surface area contributed by atoms with E-state index in [9.17, 15) is 17.6 Å². The molecule has 0 radical (unpaired) electrons. The number of hydrogen-bond donors (Lipinski definition) is 1. The van der Waals surface area contributed by atoms with Gasteiger partial charge in [-0.25, -0.2) is 17.8 Å². The number of aromatic nitrogens is 1. The van der Waals surface area contributed by atoms with Gasteiger partial charge in [-0.2, -0.15) is 4.31 Å². The number of morpholine rings is 1. The van der Waals surface area contributed by atoms with Crippen molar-refractivity contribution in [2.75, 3.05) is 31.6 Å². The molecule has 1 aromatic carbocycles. The number of nitrogens with one attached hydrogen (secondary N) is 1. The second-order valence-corrected chi connectivity index (χ2v) is 9.87. The lowest BCUT2D eigenvalue weighted by molar-refractivity contribution is 0.0729. The lowest BCUT2D eigenvalue weighted by Crippen LogP contribution is -2.40. The molecule has 0 aliphatic carbocycles. The third-order valence-corrected chi connectivity index (χ3v) is 7.82. The summed E-state index contributed by atoms with van der Waals surface area (Å²) in [6, 6.07) is 7.06. The minimum absolute atomic E-state index is 0.146. The lowest BCUT2D eigenvalue weighted by Gasteiger charge is -2.26. The fourth-order valence-corrected chi connectivity index (χ4v) is 5.58. The van der Waals surface area contributed by atoms with Crippen LogP contribution in [0.1, 0.15) is 21.1 Å². The molecule has 0 unspecified atom stereocenters. The zero-order valence-electron chi connectivity index (χ0n) is 16.8. The molecule has 0 atom stereocenters. The van der Waals surface area contributed by atoms with E-state index in [1.807, 2.05) is 6.92 Å². The number of anilines is 1. The van der Waals surface area contributed by atoms with Crippen LogP contribution >= 0.6 is 11.3 Å². The van der Waals surface area contributed by atoms with Gasteiger partial charge in [0, 0.05) is 18.8 Å². The second-order valence-electron chi connectivity index (χ2n) is 6.96. The van der Waals surface area contributed by atoms with Crippen molar-refractivity contribution in [3.05, 3.63) is 52.5 Å². The summed E-state index contributed by atoms with van der Waals surface area (Å²) in [5.74, 6) is -0.0562. The predicted octanol–water partition coefficient (Wildman–Crippen LogP) is 3.43. The molecule has 0 saturated carbocycles. The molecule has 1 saturated heterocycles. The first kappa shape index (κ1) is 21.6. The number of carbonyl (C=O) groups excluding carboxylic acids is 1. The summed E-state index contributed by atoms with van der Waals surface area (Å²) < 4.78 is 51.9. The van der Waals surface area contributed by atoms with E-state index in [4.69, 9.17) is 9.15 Å². The molecule has 8 nitrogen and oxygen atoms in total. The third kappa shape index (κ3) is 4.40. The highest BCUT2D eigenvalue weighted by molar-refractivity contribution is 7.89. The Morgan fingerprint density at radius 2 is 1.94 bits per heavy atom. The topological polar surface area (TPSA) is 102 Å². The molecule has 2 aromatic heterocycles. The first-order chi connectivity index (χ1) is 14.8. The van der Waals surface area contributed by atoms with Crippen molar-refractivity contribution in [2.45, 2.75) is 18.7 Å². The Hall–Kier alpha value is -2.60. The molecule has 164 valence electrons. The molecule has 31 heavy (non-hydrogen) atoms. The molecule has 3 aromatic rings. The summed E-state index contributed by atoms with van der Waals surface area (Å²) in [5, 5.41) is 3.20. The number of thiazole rings is 1. The van der Waals surface area contributed by atoms with E-state index in [1.54, 1.807) is 19.1 Å². The van der Waals surface area contributed by atoms with Crippen LogP contribution in [0.25, 0.3) is 10.8 Å². The summed E-state index contributed by atoms with van der Waals surface area (Å²) in [5.41, 5.74) is 0.677. The van der Waals surface area contributed by atoms with E-state index in [0.717, 1.165) is 29.2 Å². The molecule has 1 aliphatic rings. The van der Waals surface area contributed by atoms with Gasteiger partial charge in [0.05, 0.1) is 18.9 Å². The third-order valence-electron chi connectivity index (χ3n) is 4.73. The van der Waals surface area contributed by atoms with Crippen LogP contribution in [0, 0.1) is 19.7 Å². The van der Waals surface area contributed by atoms with Gasteiger partial charge in [-0.05, 0) is 44.2 Å². The van der Waals surface area contributed by atoms with E-state index in [2.05, 4.69) is 10.3 Å². The van der Waals surface area contributed by atoms with Crippen molar-refractivity contribution < 1.29 is 26.8 Å². The van der Waals surface area contributed by atoms with Crippen molar-refractivity contribution in [1.29, 1.82) is 0 Å². The molecule has 0 spiro atoms. The Bertz CT molecular complexity index is 1230. The predicted molar refractivity (Wildman–Crippen MR) is 113 cm³/mol. The monoisotopic (exact) mass is 465 g/mol. The highest BCUT2D eigenvalue weighted by Gasteiger charge is 2.29. The molecular weight excluding hydrogens is 445 g/mol. The van der Waals surface area contributed by atoms with Crippen LogP contribution < -0.4 is 5.32 Å². The van der Waals surface area contributed by atoms with Crippen LogP contribution in [-0.2, 0) is 14.8 Å². The number of aryl methyl sites for hydroxylation is 2. The largest absolute Gasteiger partial charge is 0.459 e. The number of hydrogen-bond acceptors (Lipinski definition) is 7. The molecule has 1 amide bonds. The maximum Gasteiger partial charge on any atom is 0.267 e. The summed E-state index contributed by atoms with van der Waals surface area (Å²) in [7, 11) is -4.05. The Morgan fingerprint density at radius 1 is 1.19 bits per heavy atom. The maximum atomic E-state index is 14.4. The number of halogens is 1. The number of amides is 1. The lowest BCUT2D eigenvalue weighted by atomic mass is 10.3. The van der Waals surface area contributed by atoms with Crippen molar-refractivity contribution in [3.8, 4) is 10.8 Å². The van der Waals surface area contributed by atoms with Gasteiger partial charge in [-0.3, -0.25) is 4.79 Å². The van der Waals surface area contributed by atoms with E-state index in [-0.39, 0.29) is 32.0 Å². The fraction of sp³-hybridized carbons (Fsp3) is 0.300. The quantitative estimate of drug-likeness (QED) is 0.620. The van der Waals surface area contributed by atoms with Crippen molar-refractivity contribution in [1.82, 2.24) is 9.29 Å². The number of rotatable bonds is 5. The molecule has 11 heteroatoms. The van der Waals surface area contributed by atoms with Crippen LogP contribution in [0.5, 0.6) is 0 Å². The van der Waals surface area contributed by atoms with E-state index < -0.39 is 26.6 Å². The van der Waals surface area contributed by atoms with E-state index in [1.165, 1.54) is 10.4 Å². The number of benzene rings is 1. The first-order valence-electron chi connectivity index (χ1n) is 9.49. The highest BCUT2D eigenvalue weighted by Crippen LogP contribution is 2.30. The second kappa shape index (κ2) is 8.50. The number of ether oxygens (including phenoxy) is 1. The Morgan fingerprint density at radius 3 is 2.61 bits per heavy atom. The van der Waals surface area contributed by atoms with Gasteiger partial charge in [-0.1, -0.05) is 0 Å². The number of furan rings is 1. The number of sulfonamides is 1. The number of nitrogens with zero attached hydrogens (tertiary/aromatic N) is 2. The molecule has 1 aliphatic heterocycles. The van der Waals surface area contributed by atoms with Crippen LogP contribution in [0.3, 0.4) is 0 Å². The molecule has 4 rings (SSSR count). The maximum absolute atomic E-state index is 14.4. The fourth-order valence-electron chi connectivity index (χ4n) is 3.15. The van der Waals surface area contributed by atoms with Gasteiger partial charge < -0.3 is 14.5 Å². The molecule has 3 heterocycles. The van der Waals surface area contributed by atoms with Gasteiger partial charge in [0.15, 0.2) is 10.8 Å². The standard InChI is InChI=1S/C20H20FN3O5S2/c1-12-3-6-16(29-12)20-22-13(2)18(30-20)19(25)23-14-4-5-15(21)17(11-14)31(26,27)24-7-9-28-10-8-24/h3-6,11H,7-10H2,1-2H3,(H,23,25). The Labute approximate surface area is 182 Å². The average molecular weight is 466 g/mol. The van der Waals surface area contributed by atoms with Crippen molar-refractivity contribution in [3.63, 3.8) is 0 Å². The molecular formula is C20H20FN3O5S2. The highest BCUT2D eigenvalue weighted by atomic mass is 32.2. The van der Waals surface area contributed by atoms with Crippen LogP contribution in [-0.4, -0.2) is 49.9 Å². The van der Waals surface area contributed by atoms with E-state index >= 15 is 0 Å². The van der Waals surface area contributed by atoms with Crippen molar-refractivity contribution in [2.24, 2.45) is 0 Å². The normalized spacial score (nSPS) is 15.2. The first-order valence-corrected chi connectivity index (χ1v) is 11.7. The average Bonchev–Trinajstić information content (AvgIpc) is 3.35. The minimum atomic E-state index is -4.05. The molecule has 1 N–H and O–H groups in total. The summed E-state index contributed by atoms with van der Waals surface area (Å²) in [4.78, 5) is 17.0. The zero-order chi connectivity index (χ0) is 22.2. The summed E-state index contributed by atoms with van der Waals surface area (Å²) >= 11 is 1.16. The van der Waals surface area contributed by atoms with Crippen molar-refractivity contribution >= 4 is 33.0 Å². The number of carbonyl (C=O) groups is 1. The molecule has 1 fully saturated rings. The Kier molecular flexibility index (Phi) is 5.93. The van der Waals surface area contributed by atoms with Crippen LogP contribution in [0.2, 0.25) is 0 Å². The molecule has 0 bridgehead atoms. The van der Waals surface area contributed by atoms with Crippen LogP contribution in [0.4, 0.5) is 10.1 Å². The smallest absolute Gasteiger partial charge is 0.267 e. The zero-order valence-corrected chi connectivity index (χ0v) is 18.5. The van der Waals surface area contributed by atoms with Gasteiger partial charge in [0.1, 0.15) is 21.4 Å². The minimum Gasteiger partial charge on any atom is -0.459 e. The van der Waals surface area contributed by atoms with Gasteiger partial charge in [0.25, 0.3) is 5.91 Å². The van der Waals surface area contributed by atoms with Crippen LogP contribution in [0.15, 0.2) is 39.6 Å². The van der Waals surface area contributed by atoms with Gasteiger partial charge >= 0.3 is 0 Å². The summed E-state index contributed by atoms with van der Waals surface area (Å²) in [6.45, 7) is 4.30. The van der Waals surface area contributed by atoms with Gasteiger partial charge in [-0.15, -0.1) is 11.3 Å². The summed E-state index contributed by atoms with van der Waals surface area (Å²) in [6.07, 6.45) is 0. The van der Waals surface area contributed by atoms with Gasteiger partial charge in [0.2, 0.25) is 10.0 Å². The SMILES string of the molecule is Cc1ccc(-c2nc(C)c(C(=O)Nc3ccc(F)c(S(=O)(=O)N4CCOCC4)c3)s2)o1.